The Labute approximate surface area is 134 Å². The number of aliphatic carboxylic acids is 1. The molecule has 7 heteroatoms. The Bertz CT molecular complexity index is 642. The average molecular weight is 319 g/mol. The highest BCUT2D eigenvalue weighted by Crippen LogP contribution is 2.24. The Balaban J connectivity index is 2.28. The minimum atomic E-state index is -1.07. The molecule has 1 aromatic rings. The predicted octanol–water partition coefficient (Wildman–Crippen LogP) is 1.36. The summed E-state index contributed by atoms with van der Waals surface area (Å²) in [6.07, 6.45) is 0. The maximum absolute atomic E-state index is 12.4. The van der Waals surface area contributed by atoms with Gasteiger partial charge in [0.15, 0.2) is 0 Å². The Morgan fingerprint density at radius 3 is 2.57 bits per heavy atom. The van der Waals surface area contributed by atoms with Crippen molar-refractivity contribution in [3.63, 3.8) is 0 Å². The second kappa shape index (κ2) is 6.68. The number of anilines is 1. The van der Waals surface area contributed by atoms with Crippen molar-refractivity contribution in [3.8, 4) is 0 Å². The van der Waals surface area contributed by atoms with E-state index >= 15 is 0 Å². The van der Waals surface area contributed by atoms with Gasteiger partial charge >= 0.3 is 12.0 Å². The lowest BCUT2D eigenvalue weighted by Crippen LogP contribution is -2.44. The number of amides is 3. The third-order valence-corrected chi connectivity index (χ3v) is 3.92. The normalized spacial score (nSPS) is 15.5. The van der Waals surface area contributed by atoms with Gasteiger partial charge in [-0.1, -0.05) is 19.9 Å². The number of carboxylic acids is 1. The fraction of sp³-hybridized carbons (Fsp3) is 0.438. The molecule has 124 valence electrons. The van der Waals surface area contributed by atoms with Gasteiger partial charge in [-0.2, -0.15) is 0 Å². The lowest BCUT2D eigenvalue weighted by atomic mass is 10.0. The third kappa shape index (κ3) is 3.44. The zero-order valence-electron chi connectivity index (χ0n) is 13.4. The molecule has 0 saturated carbocycles. The summed E-state index contributed by atoms with van der Waals surface area (Å²) < 4.78 is 0. The first-order valence-corrected chi connectivity index (χ1v) is 7.51. The van der Waals surface area contributed by atoms with Crippen LogP contribution in [0.5, 0.6) is 0 Å². The molecule has 23 heavy (non-hydrogen) atoms. The number of urea groups is 1. The van der Waals surface area contributed by atoms with Crippen molar-refractivity contribution in [2.45, 2.75) is 26.8 Å². The smallest absolute Gasteiger partial charge is 0.326 e. The average Bonchev–Trinajstić information content (AvgIpc) is 2.90. The summed E-state index contributed by atoms with van der Waals surface area (Å²) in [6.45, 7) is 6.31. The molecule has 1 aliphatic rings. The predicted molar refractivity (Wildman–Crippen MR) is 85.7 cm³/mol. The van der Waals surface area contributed by atoms with Gasteiger partial charge in [0.05, 0.1) is 0 Å². The van der Waals surface area contributed by atoms with Crippen LogP contribution in [0.4, 0.5) is 10.5 Å². The topological polar surface area (TPSA) is 98.7 Å². The number of benzene rings is 1. The van der Waals surface area contributed by atoms with Crippen LogP contribution in [-0.2, 0) is 4.79 Å². The van der Waals surface area contributed by atoms with E-state index in [2.05, 4.69) is 10.6 Å². The van der Waals surface area contributed by atoms with E-state index in [1.165, 1.54) is 0 Å². The number of nitrogens with zero attached hydrogens (tertiary/aromatic N) is 1. The molecule has 0 radical (unpaired) electrons. The molecule has 2 rings (SSSR count). The largest absolute Gasteiger partial charge is 0.480 e. The molecule has 7 nitrogen and oxygen atoms in total. The lowest BCUT2D eigenvalue weighted by Gasteiger charge is -2.21. The Hall–Kier alpha value is -2.57. The minimum Gasteiger partial charge on any atom is -0.480 e. The van der Waals surface area contributed by atoms with E-state index in [0.717, 1.165) is 0 Å². The Kier molecular flexibility index (Phi) is 4.88. The van der Waals surface area contributed by atoms with Crippen LogP contribution in [0, 0.1) is 12.8 Å². The van der Waals surface area contributed by atoms with Gasteiger partial charge in [0.25, 0.3) is 5.91 Å². The molecule has 1 atom stereocenters. The van der Waals surface area contributed by atoms with Gasteiger partial charge in [0.2, 0.25) is 0 Å². The first kappa shape index (κ1) is 16.8. The summed E-state index contributed by atoms with van der Waals surface area (Å²) in [5.41, 5.74) is 1.67. The van der Waals surface area contributed by atoms with Crippen LogP contribution < -0.4 is 15.5 Å². The first-order chi connectivity index (χ1) is 10.8. The summed E-state index contributed by atoms with van der Waals surface area (Å²) in [5.74, 6) is -1.75. The van der Waals surface area contributed by atoms with Gasteiger partial charge < -0.3 is 15.7 Å². The Morgan fingerprint density at radius 1 is 1.35 bits per heavy atom. The van der Waals surface area contributed by atoms with Crippen molar-refractivity contribution in [1.82, 2.24) is 10.6 Å². The summed E-state index contributed by atoms with van der Waals surface area (Å²) >= 11 is 0. The molecule has 1 unspecified atom stereocenters. The molecule has 1 fully saturated rings. The summed E-state index contributed by atoms with van der Waals surface area (Å²) in [4.78, 5) is 37.0. The third-order valence-electron chi connectivity index (χ3n) is 3.92. The highest BCUT2D eigenvalue weighted by molar-refractivity contribution is 6.01. The summed E-state index contributed by atoms with van der Waals surface area (Å²) in [6, 6.07) is 3.93. The van der Waals surface area contributed by atoms with Gasteiger partial charge in [-0.15, -0.1) is 0 Å². The molecule has 1 saturated heterocycles. The van der Waals surface area contributed by atoms with Gasteiger partial charge in [0, 0.05) is 24.3 Å². The number of nitrogens with one attached hydrogen (secondary N) is 2. The molecule has 1 aliphatic heterocycles. The van der Waals surface area contributed by atoms with Gasteiger partial charge in [-0.05, 0) is 30.5 Å². The van der Waals surface area contributed by atoms with E-state index in [-0.39, 0.29) is 11.9 Å². The number of carboxylic acid groups (broad SMARTS) is 1. The first-order valence-electron chi connectivity index (χ1n) is 7.51. The molecular weight excluding hydrogens is 298 g/mol. The van der Waals surface area contributed by atoms with Crippen LogP contribution in [0.1, 0.15) is 29.8 Å². The van der Waals surface area contributed by atoms with Crippen molar-refractivity contribution < 1.29 is 19.5 Å². The van der Waals surface area contributed by atoms with Gasteiger partial charge in [-0.25, -0.2) is 9.59 Å². The van der Waals surface area contributed by atoms with E-state index in [1.807, 2.05) is 0 Å². The van der Waals surface area contributed by atoms with E-state index < -0.39 is 17.9 Å². The number of rotatable bonds is 5. The number of hydrogen-bond donors (Lipinski definition) is 3. The van der Waals surface area contributed by atoms with Crippen LogP contribution in [0.2, 0.25) is 0 Å². The standard InChI is InChI=1S/C16H21N3O4/c1-9(2)13(15(21)22)18-14(20)11-5-4-6-12(10(11)3)19-8-7-17-16(19)23/h4-6,9,13H,7-8H2,1-3H3,(H,17,23)(H,18,20)(H,21,22). The SMILES string of the molecule is Cc1c(C(=O)NC(C(=O)O)C(C)C)cccc1N1CCNC1=O. The molecule has 3 amide bonds. The fourth-order valence-corrected chi connectivity index (χ4v) is 2.60. The molecule has 0 aromatic heterocycles. The highest BCUT2D eigenvalue weighted by atomic mass is 16.4. The molecule has 0 bridgehead atoms. The summed E-state index contributed by atoms with van der Waals surface area (Å²) in [5, 5.41) is 14.5. The van der Waals surface area contributed by atoms with Gasteiger partial charge in [-0.3, -0.25) is 9.69 Å². The zero-order chi connectivity index (χ0) is 17.1. The maximum atomic E-state index is 12.4. The maximum Gasteiger partial charge on any atom is 0.326 e. The van der Waals surface area contributed by atoms with Crippen LogP contribution >= 0.6 is 0 Å². The van der Waals surface area contributed by atoms with E-state index in [0.29, 0.717) is 29.9 Å². The number of carbonyl (C=O) groups excluding carboxylic acids is 2. The molecule has 3 N–H and O–H groups in total. The van der Waals surface area contributed by atoms with Crippen LogP contribution in [0.3, 0.4) is 0 Å². The lowest BCUT2D eigenvalue weighted by molar-refractivity contribution is -0.140. The van der Waals surface area contributed by atoms with Crippen molar-refractivity contribution in [1.29, 1.82) is 0 Å². The minimum absolute atomic E-state index is 0.198. The molecule has 0 spiro atoms. The number of hydrogen-bond acceptors (Lipinski definition) is 3. The fourth-order valence-electron chi connectivity index (χ4n) is 2.60. The van der Waals surface area contributed by atoms with Crippen molar-refractivity contribution in [3.05, 3.63) is 29.3 Å². The van der Waals surface area contributed by atoms with Crippen molar-refractivity contribution >= 4 is 23.6 Å². The van der Waals surface area contributed by atoms with Crippen LogP contribution in [0.25, 0.3) is 0 Å². The van der Waals surface area contributed by atoms with Gasteiger partial charge in [0.1, 0.15) is 6.04 Å². The second-order valence-corrected chi connectivity index (χ2v) is 5.87. The molecule has 1 heterocycles. The van der Waals surface area contributed by atoms with Crippen LogP contribution in [0.15, 0.2) is 18.2 Å². The van der Waals surface area contributed by atoms with E-state index in [1.54, 1.807) is 43.9 Å². The highest BCUT2D eigenvalue weighted by Gasteiger charge is 2.27. The van der Waals surface area contributed by atoms with Crippen molar-refractivity contribution in [2.75, 3.05) is 18.0 Å². The second-order valence-electron chi connectivity index (χ2n) is 5.87. The quantitative estimate of drug-likeness (QED) is 0.763. The monoisotopic (exact) mass is 319 g/mol. The zero-order valence-corrected chi connectivity index (χ0v) is 13.4. The van der Waals surface area contributed by atoms with Crippen LogP contribution in [-0.4, -0.2) is 42.1 Å². The van der Waals surface area contributed by atoms with Crippen molar-refractivity contribution in [2.24, 2.45) is 5.92 Å². The molecular formula is C16H21N3O4. The molecule has 0 aliphatic carbocycles. The van der Waals surface area contributed by atoms with E-state index in [4.69, 9.17) is 0 Å². The Morgan fingerprint density at radius 2 is 2.04 bits per heavy atom. The van der Waals surface area contributed by atoms with E-state index in [9.17, 15) is 19.5 Å². The molecule has 1 aromatic carbocycles. The summed E-state index contributed by atoms with van der Waals surface area (Å²) in [7, 11) is 0. The number of carbonyl (C=O) groups is 3.